The number of hydrogen-bond donors (Lipinski definition) is 3. The summed E-state index contributed by atoms with van der Waals surface area (Å²) in [6.45, 7) is 0. The number of carbonyl (C=O) groups is 1. The van der Waals surface area contributed by atoms with Gasteiger partial charge in [-0.15, -0.1) is 0 Å². The van der Waals surface area contributed by atoms with Crippen LogP contribution in [0, 0.1) is 10.5 Å². The maximum Gasteiger partial charge on any atom is 0.339 e. The highest BCUT2D eigenvalue weighted by Crippen LogP contribution is 2.20. The topological polar surface area (TPSA) is 78.0 Å². The third-order valence-corrected chi connectivity index (χ3v) is 2.37. The Bertz CT molecular complexity index is 657. The molecule has 1 aromatic carbocycles. The lowest BCUT2D eigenvalue weighted by Gasteiger charge is -2.08. The maximum atomic E-state index is 13.4. The molecule has 2 aromatic rings. The number of halogens is 1. The van der Waals surface area contributed by atoms with Crippen molar-refractivity contribution in [2.75, 3.05) is 5.32 Å². The highest BCUT2D eigenvalue weighted by molar-refractivity contribution is 7.71. The average molecular weight is 265 g/mol. The number of nitrogens with one attached hydrogen (secondary N) is 2. The molecule has 0 spiro atoms. The molecule has 7 heteroatoms. The van der Waals surface area contributed by atoms with Crippen LogP contribution in [0.3, 0.4) is 0 Å². The normalized spacial score (nSPS) is 10.1. The van der Waals surface area contributed by atoms with E-state index in [0.717, 1.165) is 0 Å². The van der Waals surface area contributed by atoms with Crippen LogP contribution >= 0.6 is 12.2 Å². The molecular formula is C11H8FN3O2S. The molecule has 1 aromatic heterocycles. The third-order valence-electron chi connectivity index (χ3n) is 2.17. The Morgan fingerprint density at radius 1 is 1.44 bits per heavy atom. The summed E-state index contributed by atoms with van der Waals surface area (Å²) in [5, 5.41) is 17.8. The van der Waals surface area contributed by atoms with Gasteiger partial charge in [-0.1, -0.05) is 24.4 Å². The Kier molecular flexibility index (Phi) is 3.33. The van der Waals surface area contributed by atoms with Crippen LogP contribution in [0.4, 0.5) is 15.9 Å². The fraction of sp³-hybridized carbons (Fsp3) is 0. The van der Waals surface area contributed by atoms with Crippen molar-refractivity contribution in [1.29, 1.82) is 0 Å². The molecular weight excluding hydrogens is 257 g/mol. The lowest BCUT2D eigenvalue weighted by Crippen LogP contribution is -2.07. The number of hydrogen-bond acceptors (Lipinski definition) is 4. The molecule has 0 radical (unpaired) electrons. The van der Waals surface area contributed by atoms with E-state index < -0.39 is 11.8 Å². The summed E-state index contributed by atoms with van der Waals surface area (Å²) < 4.78 is 13.6. The number of aromatic amines is 1. The number of carboxylic acid groups (broad SMARTS) is 1. The molecule has 0 saturated carbocycles. The minimum absolute atomic E-state index is 0.00111. The van der Waals surface area contributed by atoms with Gasteiger partial charge in [-0.2, -0.15) is 5.10 Å². The van der Waals surface area contributed by atoms with E-state index in [2.05, 4.69) is 15.5 Å². The molecule has 5 nitrogen and oxygen atoms in total. The van der Waals surface area contributed by atoms with Crippen molar-refractivity contribution in [2.24, 2.45) is 0 Å². The minimum atomic E-state index is -1.19. The van der Waals surface area contributed by atoms with Gasteiger partial charge in [0.05, 0.1) is 5.69 Å². The zero-order valence-corrected chi connectivity index (χ0v) is 9.79. The smallest absolute Gasteiger partial charge is 0.339 e. The molecule has 0 fully saturated rings. The molecule has 0 atom stereocenters. The first-order valence-corrected chi connectivity index (χ1v) is 5.33. The van der Waals surface area contributed by atoms with E-state index in [4.69, 9.17) is 17.3 Å². The van der Waals surface area contributed by atoms with E-state index in [9.17, 15) is 9.18 Å². The summed E-state index contributed by atoms with van der Waals surface area (Å²) >= 11 is 4.79. The van der Waals surface area contributed by atoms with Crippen LogP contribution in [-0.2, 0) is 0 Å². The Balaban J connectivity index is 2.44. The lowest BCUT2D eigenvalue weighted by molar-refractivity contribution is 0.0697. The van der Waals surface area contributed by atoms with Gasteiger partial charge in [-0.25, -0.2) is 9.18 Å². The SMILES string of the molecule is O=C(O)c1cc(=S)[nH]nc1Nc1ccccc1F. The summed E-state index contributed by atoms with van der Waals surface area (Å²) in [6.07, 6.45) is 0. The van der Waals surface area contributed by atoms with Gasteiger partial charge in [0.1, 0.15) is 16.0 Å². The highest BCUT2D eigenvalue weighted by atomic mass is 32.1. The number of carboxylic acids is 1. The second-order valence-corrected chi connectivity index (χ2v) is 3.84. The Morgan fingerprint density at radius 3 is 2.83 bits per heavy atom. The molecule has 18 heavy (non-hydrogen) atoms. The number of aromatic carboxylic acids is 1. The van der Waals surface area contributed by atoms with Crippen molar-refractivity contribution in [2.45, 2.75) is 0 Å². The van der Waals surface area contributed by atoms with Crippen molar-refractivity contribution in [3.05, 3.63) is 46.4 Å². The van der Waals surface area contributed by atoms with Gasteiger partial charge in [-0.3, -0.25) is 5.10 Å². The number of para-hydroxylation sites is 1. The van der Waals surface area contributed by atoms with Gasteiger partial charge >= 0.3 is 5.97 Å². The molecule has 0 aliphatic rings. The van der Waals surface area contributed by atoms with Crippen molar-refractivity contribution < 1.29 is 14.3 Å². The van der Waals surface area contributed by atoms with E-state index in [1.54, 1.807) is 6.07 Å². The van der Waals surface area contributed by atoms with Crippen molar-refractivity contribution >= 4 is 29.7 Å². The van der Waals surface area contributed by atoms with Crippen LogP contribution in [0.2, 0.25) is 0 Å². The molecule has 3 N–H and O–H groups in total. The van der Waals surface area contributed by atoms with Gasteiger partial charge in [0.25, 0.3) is 0 Å². The quantitative estimate of drug-likeness (QED) is 0.744. The molecule has 0 saturated heterocycles. The number of aromatic nitrogens is 2. The summed E-state index contributed by atoms with van der Waals surface area (Å²) in [6, 6.07) is 7.13. The molecule has 0 amide bonds. The van der Waals surface area contributed by atoms with Gasteiger partial charge in [0.2, 0.25) is 0 Å². The van der Waals surface area contributed by atoms with Crippen LogP contribution < -0.4 is 5.32 Å². The van der Waals surface area contributed by atoms with Gasteiger partial charge < -0.3 is 10.4 Å². The zero-order chi connectivity index (χ0) is 13.1. The van der Waals surface area contributed by atoms with Crippen molar-refractivity contribution in [1.82, 2.24) is 10.2 Å². The summed E-state index contributed by atoms with van der Waals surface area (Å²) in [5.41, 5.74) is 0.0139. The first kappa shape index (κ1) is 12.2. The number of nitrogens with zero attached hydrogens (tertiary/aromatic N) is 1. The standard InChI is InChI=1S/C11H8FN3O2S/c12-7-3-1-2-4-8(7)13-10-6(11(16)17)5-9(18)14-15-10/h1-5H,(H,13,15)(H,14,18)(H,16,17). The Labute approximate surface area is 106 Å². The van der Waals surface area contributed by atoms with E-state index in [1.165, 1.54) is 24.3 Å². The predicted molar refractivity (Wildman–Crippen MR) is 66.1 cm³/mol. The predicted octanol–water partition coefficient (Wildman–Crippen LogP) is 2.72. The fourth-order valence-corrected chi connectivity index (χ4v) is 1.51. The fourth-order valence-electron chi connectivity index (χ4n) is 1.35. The summed E-state index contributed by atoms with van der Waals surface area (Å²) in [7, 11) is 0. The van der Waals surface area contributed by atoms with Crippen LogP contribution in [0.5, 0.6) is 0 Å². The van der Waals surface area contributed by atoms with Crippen molar-refractivity contribution in [3.63, 3.8) is 0 Å². The molecule has 92 valence electrons. The molecule has 1 heterocycles. The molecule has 0 aliphatic heterocycles. The molecule has 0 aliphatic carbocycles. The van der Waals surface area contributed by atoms with Gasteiger partial charge in [0, 0.05) is 0 Å². The second kappa shape index (κ2) is 4.92. The van der Waals surface area contributed by atoms with Crippen LogP contribution in [0.15, 0.2) is 30.3 Å². The number of rotatable bonds is 3. The van der Waals surface area contributed by atoms with Gasteiger partial charge in [-0.05, 0) is 18.2 Å². The van der Waals surface area contributed by atoms with Crippen LogP contribution in [0.25, 0.3) is 0 Å². The maximum absolute atomic E-state index is 13.4. The Morgan fingerprint density at radius 2 is 2.17 bits per heavy atom. The first-order chi connectivity index (χ1) is 8.58. The minimum Gasteiger partial charge on any atom is -0.478 e. The van der Waals surface area contributed by atoms with E-state index in [0.29, 0.717) is 0 Å². The third kappa shape index (κ3) is 2.51. The van der Waals surface area contributed by atoms with Crippen molar-refractivity contribution in [3.8, 4) is 0 Å². The number of H-pyrrole nitrogens is 1. The zero-order valence-electron chi connectivity index (χ0n) is 8.98. The summed E-state index contributed by atoms with van der Waals surface area (Å²) in [4.78, 5) is 11.0. The van der Waals surface area contributed by atoms with Crippen LogP contribution in [-0.4, -0.2) is 21.3 Å². The molecule has 0 unspecified atom stereocenters. The summed E-state index contributed by atoms with van der Waals surface area (Å²) in [5.74, 6) is -1.69. The largest absolute Gasteiger partial charge is 0.478 e. The van der Waals surface area contributed by atoms with E-state index >= 15 is 0 Å². The van der Waals surface area contributed by atoms with Crippen LogP contribution in [0.1, 0.15) is 10.4 Å². The average Bonchev–Trinajstić information content (AvgIpc) is 2.34. The number of anilines is 2. The molecule has 2 rings (SSSR count). The van der Waals surface area contributed by atoms with Gasteiger partial charge in [0.15, 0.2) is 5.82 Å². The number of benzene rings is 1. The second-order valence-electron chi connectivity index (χ2n) is 3.40. The molecule has 0 bridgehead atoms. The Hall–Kier alpha value is -2.28. The highest BCUT2D eigenvalue weighted by Gasteiger charge is 2.13. The lowest BCUT2D eigenvalue weighted by atomic mass is 10.2. The first-order valence-electron chi connectivity index (χ1n) is 4.92. The monoisotopic (exact) mass is 265 g/mol. The van der Waals surface area contributed by atoms with E-state index in [-0.39, 0.29) is 21.7 Å². The van der Waals surface area contributed by atoms with E-state index in [1.807, 2.05) is 0 Å².